The van der Waals surface area contributed by atoms with Gasteiger partial charge in [0.25, 0.3) is 0 Å². The van der Waals surface area contributed by atoms with Crippen LogP contribution in [0, 0.1) is 5.95 Å². The van der Waals surface area contributed by atoms with E-state index in [-0.39, 0.29) is 11.9 Å². The summed E-state index contributed by atoms with van der Waals surface area (Å²) in [5.74, 6) is -0.186. The molecule has 0 aliphatic rings. The van der Waals surface area contributed by atoms with Gasteiger partial charge in [-0.15, -0.1) is 0 Å². The van der Waals surface area contributed by atoms with Gasteiger partial charge in [0, 0.05) is 16.5 Å². The van der Waals surface area contributed by atoms with E-state index in [1.165, 1.54) is 0 Å². The molecule has 0 radical (unpaired) electrons. The number of aromatic nitrogens is 1. The molecule has 0 N–H and O–H groups in total. The number of halogens is 1. The molecule has 2 aromatic carbocycles. The van der Waals surface area contributed by atoms with Crippen LogP contribution in [0.4, 0.5) is 4.39 Å². The molecular weight excluding hydrogens is 261 g/mol. The lowest BCUT2D eigenvalue weighted by Gasteiger charge is -2.16. The Morgan fingerprint density at radius 3 is 2.24 bits per heavy atom. The van der Waals surface area contributed by atoms with Crippen LogP contribution in [-0.4, -0.2) is 4.98 Å². The van der Waals surface area contributed by atoms with E-state index in [2.05, 4.69) is 18.8 Å². The van der Waals surface area contributed by atoms with Crippen molar-refractivity contribution in [1.82, 2.24) is 4.98 Å². The van der Waals surface area contributed by atoms with Crippen LogP contribution in [-0.2, 0) is 0 Å². The number of pyridine rings is 1. The van der Waals surface area contributed by atoms with Gasteiger partial charge in [-0.3, -0.25) is 0 Å². The second kappa shape index (κ2) is 5.65. The molecule has 0 saturated heterocycles. The Hall–Kier alpha value is -2.22. The van der Waals surface area contributed by atoms with Crippen molar-refractivity contribution in [2.24, 2.45) is 0 Å². The van der Waals surface area contributed by atoms with Crippen LogP contribution < -0.4 is 0 Å². The summed E-state index contributed by atoms with van der Waals surface area (Å²) in [5.41, 5.74) is 2.40. The molecule has 1 atom stereocenters. The molecule has 0 aliphatic heterocycles. The van der Waals surface area contributed by atoms with Gasteiger partial charge in [0.15, 0.2) is 0 Å². The summed E-state index contributed by atoms with van der Waals surface area (Å²) >= 11 is 0. The third kappa shape index (κ3) is 2.42. The Kier molecular flexibility index (Phi) is 3.70. The molecule has 21 heavy (non-hydrogen) atoms. The van der Waals surface area contributed by atoms with Crippen LogP contribution in [0.15, 0.2) is 54.6 Å². The molecule has 3 rings (SSSR count). The largest absolute Gasteiger partial charge is 0.219 e. The van der Waals surface area contributed by atoms with Crippen molar-refractivity contribution in [3.05, 3.63) is 66.1 Å². The third-order valence-corrected chi connectivity index (χ3v) is 4.06. The maximum atomic E-state index is 14.6. The van der Waals surface area contributed by atoms with E-state index < -0.39 is 0 Å². The van der Waals surface area contributed by atoms with Crippen molar-refractivity contribution in [3.63, 3.8) is 0 Å². The summed E-state index contributed by atoms with van der Waals surface area (Å²) in [6.07, 6.45) is 0.896. The van der Waals surface area contributed by atoms with Gasteiger partial charge in [0.2, 0.25) is 5.95 Å². The SMILES string of the molecule is CCC(C)c1c(F)nc(-c2ccccc2)c2ccccc12. The maximum absolute atomic E-state index is 14.6. The number of fused-ring (bicyclic) bond motifs is 1. The second-order valence-corrected chi connectivity index (χ2v) is 5.39. The van der Waals surface area contributed by atoms with Gasteiger partial charge in [-0.1, -0.05) is 68.4 Å². The predicted octanol–water partition coefficient (Wildman–Crippen LogP) is 5.55. The number of hydrogen-bond acceptors (Lipinski definition) is 1. The van der Waals surface area contributed by atoms with Crippen molar-refractivity contribution in [2.75, 3.05) is 0 Å². The molecule has 3 aromatic rings. The number of rotatable bonds is 3. The molecule has 0 fully saturated rings. The minimum atomic E-state index is -0.345. The van der Waals surface area contributed by atoms with Crippen LogP contribution >= 0.6 is 0 Å². The fourth-order valence-corrected chi connectivity index (χ4v) is 2.74. The van der Waals surface area contributed by atoms with Crippen LogP contribution in [0.25, 0.3) is 22.0 Å². The lowest BCUT2D eigenvalue weighted by Crippen LogP contribution is -2.02. The third-order valence-electron chi connectivity index (χ3n) is 4.06. The summed E-state index contributed by atoms with van der Waals surface area (Å²) < 4.78 is 14.6. The van der Waals surface area contributed by atoms with E-state index in [1.54, 1.807) is 0 Å². The zero-order chi connectivity index (χ0) is 14.8. The fourth-order valence-electron chi connectivity index (χ4n) is 2.74. The Morgan fingerprint density at radius 2 is 1.57 bits per heavy atom. The summed E-state index contributed by atoms with van der Waals surface area (Å²) in [5, 5.41) is 1.98. The average Bonchev–Trinajstić information content (AvgIpc) is 2.54. The molecular formula is C19H18FN. The molecule has 0 saturated carbocycles. The highest BCUT2D eigenvalue weighted by Crippen LogP contribution is 2.34. The monoisotopic (exact) mass is 279 g/mol. The van der Waals surface area contributed by atoms with Crippen LogP contribution in [0.1, 0.15) is 31.7 Å². The van der Waals surface area contributed by atoms with Gasteiger partial charge < -0.3 is 0 Å². The first kappa shape index (κ1) is 13.7. The second-order valence-electron chi connectivity index (χ2n) is 5.39. The molecule has 1 aromatic heterocycles. The Labute approximate surface area is 124 Å². The maximum Gasteiger partial charge on any atom is 0.217 e. The molecule has 1 unspecified atom stereocenters. The zero-order valence-corrected chi connectivity index (χ0v) is 12.3. The highest BCUT2D eigenvalue weighted by molar-refractivity contribution is 5.96. The van der Waals surface area contributed by atoms with E-state index in [0.29, 0.717) is 0 Å². The molecule has 2 heteroatoms. The molecule has 106 valence electrons. The smallest absolute Gasteiger partial charge is 0.217 e. The van der Waals surface area contributed by atoms with Crippen molar-refractivity contribution in [3.8, 4) is 11.3 Å². The summed E-state index contributed by atoms with van der Waals surface area (Å²) in [6.45, 7) is 4.12. The molecule has 1 nitrogen and oxygen atoms in total. The van der Waals surface area contributed by atoms with E-state index >= 15 is 0 Å². The van der Waals surface area contributed by atoms with Crippen LogP contribution in [0.5, 0.6) is 0 Å². The fraction of sp³-hybridized carbons (Fsp3) is 0.211. The highest BCUT2D eigenvalue weighted by atomic mass is 19.1. The first-order chi connectivity index (χ1) is 10.2. The van der Waals surface area contributed by atoms with Gasteiger partial charge in [-0.05, 0) is 17.7 Å². The van der Waals surface area contributed by atoms with Gasteiger partial charge in [-0.2, -0.15) is 4.39 Å². The lowest BCUT2D eigenvalue weighted by molar-refractivity contribution is 0.552. The van der Waals surface area contributed by atoms with Gasteiger partial charge in [0.05, 0.1) is 5.69 Å². The quantitative estimate of drug-likeness (QED) is 0.572. The molecule has 0 bridgehead atoms. The summed E-state index contributed by atoms with van der Waals surface area (Å²) in [6, 6.07) is 17.8. The topological polar surface area (TPSA) is 12.9 Å². The van der Waals surface area contributed by atoms with E-state index in [0.717, 1.165) is 34.0 Å². The number of benzene rings is 2. The van der Waals surface area contributed by atoms with Gasteiger partial charge in [0.1, 0.15) is 0 Å². The molecule has 1 heterocycles. The van der Waals surface area contributed by atoms with Gasteiger partial charge in [-0.25, -0.2) is 4.98 Å². The number of hydrogen-bond donors (Lipinski definition) is 0. The normalized spacial score (nSPS) is 12.5. The predicted molar refractivity (Wildman–Crippen MR) is 85.8 cm³/mol. The Bertz CT molecular complexity index is 765. The summed E-state index contributed by atoms with van der Waals surface area (Å²) in [7, 11) is 0. The minimum absolute atomic E-state index is 0.159. The van der Waals surface area contributed by atoms with E-state index in [9.17, 15) is 4.39 Å². The van der Waals surface area contributed by atoms with Crippen LogP contribution in [0.2, 0.25) is 0 Å². The van der Waals surface area contributed by atoms with Crippen molar-refractivity contribution in [2.45, 2.75) is 26.2 Å². The number of nitrogens with zero attached hydrogens (tertiary/aromatic N) is 1. The summed E-state index contributed by atoms with van der Waals surface area (Å²) in [4.78, 5) is 4.27. The molecule has 0 aliphatic carbocycles. The average molecular weight is 279 g/mol. The minimum Gasteiger partial charge on any atom is -0.219 e. The van der Waals surface area contributed by atoms with E-state index in [1.807, 2.05) is 54.6 Å². The van der Waals surface area contributed by atoms with Crippen LogP contribution in [0.3, 0.4) is 0 Å². The van der Waals surface area contributed by atoms with E-state index in [4.69, 9.17) is 0 Å². The van der Waals surface area contributed by atoms with Crippen molar-refractivity contribution < 1.29 is 4.39 Å². The Morgan fingerprint density at radius 1 is 0.952 bits per heavy atom. The zero-order valence-electron chi connectivity index (χ0n) is 12.3. The highest BCUT2D eigenvalue weighted by Gasteiger charge is 2.18. The molecule has 0 amide bonds. The Balaban J connectivity index is 2.35. The van der Waals surface area contributed by atoms with Crippen molar-refractivity contribution in [1.29, 1.82) is 0 Å². The van der Waals surface area contributed by atoms with Gasteiger partial charge >= 0.3 is 0 Å². The lowest BCUT2D eigenvalue weighted by atomic mass is 9.92. The first-order valence-electron chi connectivity index (χ1n) is 7.36. The molecule has 0 spiro atoms. The standard InChI is InChI=1S/C19H18FN/c1-3-13(2)17-15-11-7-8-12-16(15)18(21-19(17)20)14-9-5-4-6-10-14/h4-13H,3H2,1-2H3. The van der Waals surface area contributed by atoms with Crippen molar-refractivity contribution >= 4 is 10.8 Å². The first-order valence-corrected chi connectivity index (χ1v) is 7.36.